The molecule has 1 unspecified atom stereocenters. The smallest absolute Gasteiger partial charge is 0.226 e. The quantitative estimate of drug-likeness (QED) is 0.744. The molecule has 0 aliphatic carbocycles. The van der Waals surface area contributed by atoms with Gasteiger partial charge < -0.3 is 10.6 Å². The lowest BCUT2D eigenvalue weighted by Crippen LogP contribution is -2.39. The standard InChI is InChI=1S/C11H22N2O/c1-2-10(9-12)11(14)13-7-5-3-4-6-8-13/h10H,2-9,12H2,1H3. The van der Waals surface area contributed by atoms with E-state index in [9.17, 15) is 4.79 Å². The number of nitrogens with zero attached hydrogens (tertiary/aromatic N) is 1. The van der Waals surface area contributed by atoms with Gasteiger partial charge in [-0.05, 0) is 19.3 Å². The van der Waals surface area contributed by atoms with Gasteiger partial charge in [-0.3, -0.25) is 4.79 Å². The summed E-state index contributed by atoms with van der Waals surface area (Å²) in [6, 6.07) is 0. The minimum Gasteiger partial charge on any atom is -0.342 e. The number of nitrogens with two attached hydrogens (primary N) is 1. The zero-order chi connectivity index (χ0) is 10.4. The van der Waals surface area contributed by atoms with Crippen LogP contribution in [0.15, 0.2) is 0 Å². The third-order valence-electron chi connectivity index (χ3n) is 3.04. The zero-order valence-electron chi connectivity index (χ0n) is 9.17. The number of rotatable bonds is 3. The summed E-state index contributed by atoms with van der Waals surface area (Å²) in [6.45, 7) is 4.41. The van der Waals surface area contributed by atoms with E-state index in [1.54, 1.807) is 0 Å². The molecule has 82 valence electrons. The Morgan fingerprint density at radius 1 is 1.29 bits per heavy atom. The molecule has 0 aromatic heterocycles. The van der Waals surface area contributed by atoms with Crippen LogP contribution >= 0.6 is 0 Å². The number of amides is 1. The van der Waals surface area contributed by atoms with Crippen molar-refractivity contribution in [1.29, 1.82) is 0 Å². The average Bonchev–Trinajstić information content (AvgIpc) is 2.47. The molecule has 0 radical (unpaired) electrons. The Morgan fingerprint density at radius 2 is 1.86 bits per heavy atom. The molecule has 0 aromatic carbocycles. The van der Waals surface area contributed by atoms with Crippen molar-refractivity contribution < 1.29 is 4.79 Å². The van der Waals surface area contributed by atoms with E-state index in [4.69, 9.17) is 5.73 Å². The average molecular weight is 198 g/mol. The van der Waals surface area contributed by atoms with Crippen LogP contribution in [0.2, 0.25) is 0 Å². The monoisotopic (exact) mass is 198 g/mol. The van der Waals surface area contributed by atoms with Crippen molar-refractivity contribution in [3.8, 4) is 0 Å². The number of likely N-dealkylation sites (tertiary alicyclic amines) is 1. The van der Waals surface area contributed by atoms with Crippen molar-refractivity contribution >= 4 is 5.91 Å². The van der Waals surface area contributed by atoms with E-state index in [0.29, 0.717) is 6.54 Å². The molecule has 3 nitrogen and oxygen atoms in total. The first-order valence-corrected chi connectivity index (χ1v) is 5.78. The highest BCUT2D eigenvalue weighted by Crippen LogP contribution is 2.13. The highest BCUT2D eigenvalue weighted by molar-refractivity contribution is 5.79. The Hall–Kier alpha value is -0.570. The van der Waals surface area contributed by atoms with Crippen LogP contribution in [0.4, 0.5) is 0 Å². The van der Waals surface area contributed by atoms with Gasteiger partial charge in [0.1, 0.15) is 0 Å². The summed E-state index contributed by atoms with van der Waals surface area (Å²) >= 11 is 0. The summed E-state index contributed by atoms with van der Waals surface area (Å²) in [5, 5.41) is 0. The summed E-state index contributed by atoms with van der Waals surface area (Å²) in [6.07, 6.45) is 5.72. The lowest BCUT2D eigenvalue weighted by Gasteiger charge is -2.24. The van der Waals surface area contributed by atoms with E-state index >= 15 is 0 Å². The van der Waals surface area contributed by atoms with E-state index in [0.717, 1.165) is 32.4 Å². The van der Waals surface area contributed by atoms with Crippen molar-refractivity contribution in [1.82, 2.24) is 4.90 Å². The molecule has 1 aliphatic heterocycles. The maximum atomic E-state index is 12.0. The van der Waals surface area contributed by atoms with Gasteiger partial charge in [-0.15, -0.1) is 0 Å². The van der Waals surface area contributed by atoms with Gasteiger partial charge in [0.15, 0.2) is 0 Å². The van der Waals surface area contributed by atoms with E-state index in [1.807, 2.05) is 11.8 Å². The van der Waals surface area contributed by atoms with E-state index in [-0.39, 0.29) is 11.8 Å². The Balaban J connectivity index is 2.48. The van der Waals surface area contributed by atoms with E-state index < -0.39 is 0 Å². The summed E-state index contributed by atoms with van der Waals surface area (Å²) in [5.41, 5.74) is 5.58. The summed E-state index contributed by atoms with van der Waals surface area (Å²) in [5.74, 6) is 0.324. The van der Waals surface area contributed by atoms with Crippen LogP contribution in [-0.2, 0) is 4.79 Å². The minimum absolute atomic E-state index is 0.0492. The number of carbonyl (C=O) groups excluding carboxylic acids is 1. The largest absolute Gasteiger partial charge is 0.342 e. The predicted molar refractivity (Wildman–Crippen MR) is 57.9 cm³/mol. The number of hydrogen-bond acceptors (Lipinski definition) is 2. The second-order valence-electron chi connectivity index (χ2n) is 4.08. The highest BCUT2D eigenvalue weighted by Gasteiger charge is 2.21. The highest BCUT2D eigenvalue weighted by atomic mass is 16.2. The molecule has 1 atom stereocenters. The van der Waals surface area contributed by atoms with Gasteiger partial charge in [0.2, 0.25) is 5.91 Å². The molecule has 0 aromatic rings. The first-order valence-electron chi connectivity index (χ1n) is 5.78. The van der Waals surface area contributed by atoms with Gasteiger partial charge in [-0.1, -0.05) is 19.8 Å². The molecule has 1 heterocycles. The predicted octanol–water partition coefficient (Wildman–Crippen LogP) is 1.37. The molecule has 14 heavy (non-hydrogen) atoms. The van der Waals surface area contributed by atoms with Crippen molar-refractivity contribution in [3.05, 3.63) is 0 Å². The van der Waals surface area contributed by atoms with Crippen molar-refractivity contribution in [2.24, 2.45) is 11.7 Å². The molecular formula is C11H22N2O. The van der Waals surface area contributed by atoms with Gasteiger partial charge >= 0.3 is 0 Å². The van der Waals surface area contributed by atoms with Crippen LogP contribution in [-0.4, -0.2) is 30.4 Å². The summed E-state index contributed by atoms with van der Waals surface area (Å²) < 4.78 is 0. The fraction of sp³-hybridized carbons (Fsp3) is 0.909. The zero-order valence-corrected chi connectivity index (χ0v) is 9.17. The van der Waals surface area contributed by atoms with Crippen LogP contribution in [0.3, 0.4) is 0 Å². The summed E-state index contributed by atoms with van der Waals surface area (Å²) in [7, 11) is 0. The molecule has 0 spiro atoms. The van der Waals surface area contributed by atoms with Crippen LogP contribution < -0.4 is 5.73 Å². The molecule has 1 aliphatic rings. The fourth-order valence-corrected chi connectivity index (χ4v) is 1.99. The van der Waals surface area contributed by atoms with Gasteiger partial charge in [0.05, 0.1) is 5.92 Å². The minimum atomic E-state index is 0.0492. The molecule has 1 amide bonds. The third-order valence-corrected chi connectivity index (χ3v) is 3.04. The van der Waals surface area contributed by atoms with Crippen molar-refractivity contribution in [2.45, 2.75) is 39.0 Å². The second kappa shape index (κ2) is 6.02. The maximum absolute atomic E-state index is 12.0. The SMILES string of the molecule is CCC(CN)C(=O)N1CCCCCC1. The third kappa shape index (κ3) is 2.98. The Morgan fingerprint density at radius 3 is 2.29 bits per heavy atom. The molecule has 3 heteroatoms. The van der Waals surface area contributed by atoms with Crippen LogP contribution in [0.25, 0.3) is 0 Å². The first-order chi connectivity index (χ1) is 6.79. The molecular weight excluding hydrogens is 176 g/mol. The topological polar surface area (TPSA) is 46.3 Å². The lowest BCUT2D eigenvalue weighted by atomic mass is 10.1. The molecule has 1 rings (SSSR count). The molecule has 0 saturated carbocycles. The van der Waals surface area contributed by atoms with E-state index in [2.05, 4.69) is 0 Å². The maximum Gasteiger partial charge on any atom is 0.226 e. The number of hydrogen-bond donors (Lipinski definition) is 1. The lowest BCUT2D eigenvalue weighted by molar-refractivity contribution is -0.135. The van der Waals surface area contributed by atoms with E-state index in [1.165, 1.54) is 12.8 Å². The Kier molecular flexibility index (Phi) is 4.94. The Bertz CT molecular complexity index is 170. The van der Waals surface area contributed by atoms with Gasteiger partial charge in [0, 0.05) is 19.6 Å². The van der Waals surface area contributed by atoms with Crippen molar-refractivity contribution in [2.75, 3.05) is 19.6 Å². The van der Waals surface area contributed by atoms with Gasteiger partial charge in [-0.25, -0.2) is 0 Å². The Labute approximate surface area is 86.6 Å². The van der Waals surface area contributed by atoms with Crippen LogP contribution in [0.5, 0.6) is 0 Å². The normalized spacial score (nSPS) is 20.3. The van der Waals surface area contributed by atoms with Crippen molar-refractivity contribution in [3.63, 3.8) is 0 Å². The van der Waals surface area contributed by atoms with Gasteiger partial charge in [-0.2, -0.15) is 0 Å². The van der Waals surface area contributed by atoms with Crippen LogP contribution in [0.1, 0.15) is 39.0 Å². The summed E-state index contributed by atoms with van der Waals surface area (Å²) in [4.78, 5) is 14.0. The molecule has 1 saturated heterocycles. The second-order valence-corrected chi connectivity index (χ2v) is 4.08. The molecule has 1 fully saturated rings. The van der Waals surface area contributed by atoms with Gasteiger partial charge in [0.25, 0.3) is 0 Å². The van der Waals surface area contributed by atoms with Crippen LogP contribution in [0, 0.1) is 5.92 Å². The fourth-order valence-electron chi connectivity index (χ4n) is 1.99. The number of carbonyl (C=O) groups is 1. The first kappa shape index (κ1) is 11.5. The molecule has 2 N–H and O–H groups in total. The molecule has 0 bridgehead atoms.